The normalized spacial score (nSPS) is 18.0. The number of nitrogens with zero attached hydrogens (tertiary/aromatic N) is 2. The van der Waals surface area contributed by atoms with Gasteiger partial charge in [-0.3, -0.25) is 9.78 Å². The first kappa shape index (κ1) is 21.7. The van der Waals surface area contributed by atoms with Gasteiger partial charge in [0.1, 0.15) is 5.75 Å². The molecule has 0 saturated carbocycles. The number of ether oxygens (including phenoxy) is 1. The van der Waals surface area contributed by atoms with Crippen LogP contribution in [0.2, 0.25) is 0 Å². The molecule has 1 aromatic carbocycles. The topological polar surface area (TPSA) is 66.5 Å². The van der Waals surface area contributed by atoms with Gasteiger partial charge in [-0.1, -0.05) is 18.2 Å². The van der Waals surface area contributed by atoms with E-state index in [1.807, 2.05) is 48.5 Å². The Morgan fingerprint density at radius 2 is 2.06 bits per heavy atom. The molecule has 2 atom stereocenters. The lowest BCUT2D eigenvalue weighted by atomic mass is 10.0. The Morgan fingerprint density at radius 3 is 2.77 bits per heavy atom. The molecule has 4 rings (SSSR count). The number of thiophene rings is 1. The molecule has 160 valence electrons. The van der Waals surface area contributed by atoms with Crippen LogP contribution in [-0.2, 0) is 4.79 Å². The van der Waals surface area contributed by atoms with Gasteiger partial charge in [-0.2, -0.15) is 0 Å². The molecular formula is C22H21BrN4O2S2. The van der Waals surface area contributed by atoms with Crippen molar-refractivity contribution in [1.29, 1.82) is 0 Å². The number of nitrogens with one attached hydrogen (secondary N) is 2. The average Bonchev–Trinajstić information content (AvgIpc) is 3.35. The molecule has 0 unspecified atom stereocenters. The molecule has 3 aromatic rings. The SMILES string of the molecule is COc1ccccc1NC(=O)CCN1C(=S)N[C@H](c2ccccn2)[C@@H]1c1ccc(Br)s1. The zero-order chi connectivity index (χ0) is 21.8. The molecule has 3 heterocycles. The molecule has 0 spiro atoms. The number of hydrogen-bond donors (Lipinski definition) is 2. The number of rotatable bonds is 7. The first-order chi connectivity index (χ1) is 15.1. The van der Waals surface area contributed by atoms with E-state index >= 15 is 0 Å². The van der Waals surface area contributed by atoms with Gasteiger partial charge in [-0.05, 0) is 64.5 Å². The molecule has 0 bridgehead atoms. The van der Waals surface area contributed by atoms with Crippen LogP contribution >= 0.6 is 39.5 Å². The van der Waals surface area contributed by atoms with E-state index in [1.165, 1.54) is 0 Å². The Bertz CT molecular complexity index is 1080. The number of carbonyl (C=O) groups excluding carboxylic acids is 1. The molecule has 1 aliphatic rings. The molecule has 2 N–H and O–H groups in total. The van der Waals surface area contributed by atoms with Gasteiger partial charge in [0.2, 0.25) is 5.91 Å². The molecule has 1 aliphatic heterocycles. The second-order valence-electron chi connectivity index (χ2n) is 6.96. The van der Waals surface area contributed by atoms with Gasteiger partial charge in [0, 0.05) is 24.0 Å². The van der Waals surface area contributed by atoms with E-state index in [9.17, 15) is 4.79 Å². The van der Waals surface area contributed by atoms with Crippen molar-refractivity contribution < 1.29 is 9.53 Å². The van der Waals surface area contributed by atoms with E-state index in [1.54, 1.807) is 24.6 Å². The number of pyridine rings is 1. The number of halogens is 1. The summed E-state index contributed by atoms with van der Waals surface area (Å²) < 4.78 is 6.37. The maximum Gasteiger partial charge on any atom is 0.226 e. The molecule has 1 saturated heterocycles. The number of methoxy groups -OCH3 is 1. The van der Waals surface area contributed by atoms with Crippen LogP contribution < -0.4 is 15.4 Å². The second kappa shape index (κ2) is 9.76. The minimum atomic E-state index is -0.0975. The van der Waals surface area contributed by atoms with Gasteiger partial charge >= 0.3 is 0 Å². The molecule has 31 heavy (non-hydrogen) atoms. The molecule has 6 nitrogen and oxygen atoms in total. The van der Waals surface area contributed by atoms with Crippen molar-refractivity contribution >= 4 is 56.2 Å². The molecule has 0 aliphatic carbocycles. The summed E-state index contributed by atoms with van der Waals surface area (Å²) in [6.07, 6.45) is 2.07. The lowest BCUT2D eigenvalue weighted by Gasteiger charge is -2.26. The zero-order valence-corrected chi connectivity index (χ0v) is 20.0. The summed E-state index contributed by atoms with van der Waals surface area (Å²) in [7, 11) is 1.58. The predicted octanol–water partition coefficient (Wildman–Crippen LogP) is 4.92. The standard InChI is InChI=1S/C22H21BrN4O2S2/c1-29-16-8-3-2-6-14(16)25-19(28)11-13-27-21(17-9-10-18(23)31-17)20(26-22(27)30)15-7-4-5-12-24-15/h2-10,12,20-21H,11,13H2,1H3,(H,25,28)(H,26,30)/t20-,21+/m1/s1. The predicted molar refractivity (Wildman–Crippen MR) is 130 cm³/mol. The summed E-state index contributed by atoms with van der Waals surface area (Å²) in [6.45, 7) is 0.482. The minimum absolute atomic E-state index is 0.0437. The van der Waals surface area contributed by atoms with Gasteiger partial charge in [-0.15, -0.1) is 11.3 Å². The van der Waals surface area contributed by atoms with Crippen molar-refractivity contribution in [3.05, 3.63) is 75.2 Å². The van der Waals surface area contributed by atoms with Crippen molar-refractivity contribution in [2.24, 2.45) is 0 Å². The van der Waals surface area contributed by atoms with Crippen LogP contribution in [0.5, 0.6) is 5.75 Å². The van der Waals surface area contributed by atoms with E-state index in [0.29, 0.717) is 23.1 Å². The highest BCUT2D eigenvalue weighted by molar-refractivity contribution is 9.11. The number of aromatic nitrogens is 1. The van der Waals surface area contributed by atoms with Crippen molar-refractivity contribution in [1.82, 2.24) is 15.2 Å². The number of hydrogen-bond acceptors (Lipinski definition) is 5. The second-order valence-corrected chi connectivity index (χ2v) is 9.84. The number of anilines is 1. The fraction of sp³-hybridized carbons (Fsp3) is 0.227. The number of amides is 1. The van der Waals surface area contributed by atoms with Crippen molar-refractivity contribution in [3.8, 4) is 5.75 Å². The Morgan fingerprint density at radius 1 is 1.26 bits per heavy atom. The van der Waals surface area contributed by atoms with Crippen LogP contribution in [0.15, 0.2) is 64.6 Å². The van der Waals surface area contributed by atoms with Crippen LogP contribution in [0, 0.1) is 0 Å². The van der Waals surface area contributed by atoms with E-state index in [2.05, 4.69) is 42.5 Å². The van der Waals surface area contributed by atoms with Gasteiger partial charge in [0.15, 0.2) is 5.11 Å². The van der Waals surface area contributed by atoms with Gasteiger partial charge in [0.05, 0.1) is 34.4 Å². The Hall–Kier alpha value is -2.49. The van der Waals surface area contributed by atoms with E-state index in [4.69, 9.17) is 17.0 Å². The maximum atomic E-state index is 12.7. The Kier molecular flexibility index (Phi) is 6.84. The number of thiocarbonyl (C=S) groups is 1. The summed E-state index contributed by atoms with van der Waals surface area (Å²) >= 11 is 10.9. The van der Waals surface area contributed by atoms with Gasteiger partial charge in [0.25, 0.3) is 0 Å². The van der Waals surface area contributed by atoms with Crippen molar-refractivity contribution in [2.45, 2.75) is 18.5 Å². The first-order valence-electron chi connectivity index (χ1n) is 9.73. The van der Waals surface area contributed by atoms with Crippen molar-refractivity contribution in [3.63, 3.8) is 0 Å². The smallest absolute Gasteiger partial charge is 0.226 e. The summed E-state index contributed by atoms with van der Waals surface area (Å²) in [6, 6.07) is 17.2. The zero-order valence-electron chi connectivity index (χ0n) is 16.7. The van der Waals surface area contributed by atoms with Gasteiger partial charge < -0.3 is 20.3 Å². The maximum absolute atomic E-state index is 12.7. The molecular weight excluding hydrogens is 496 g/mol. The third kappa shape index (κ3) is 4.89. The van der Waals surface area contributed by atoms with Crippen LogP contribution in [-0.4, -0.2) is 34.6 Å². The number of benzene rings is 1. The van der Waals surface area contributed by atoms with E-state index < -0.39 is 0 Å². The highest BCUT2D eigenvalue weighted by Crippen LogP contribution is 2.42. The molecule has 0 radical (unpaired) electrons. The van der Waals surface area contributed by atoms with E-state index in [0.717, 1.165) is 14.4 Å². The average molecular weight is 517 g/mol. The first-order valence-corrected chi connectivity index (χ1v) is 11.7. The fourth-order valence-corrected chi connectivity index (χ4v) is 5.53. The third-order valence-corrected chi connectivity index (χ3v) is 7.09. The lowest BCUT2D eigenvalue weighted by Crippen LogP contribution is -2.32. The van der Waals surface area contributed by atoms with Crippen LogP contribution in [0.4, 0.5) is 5.69 Å². The molecule has 9 heteroatoms. The number of carbonyl (C=O) groups is 1. The summed E-state index contributed by atoms with van der Waals surface area (Å²) in [5.41, 5.74) is 1.57. The third-order valence-electron chi connectivity index (χ3n) is 5.04. The quantitative estimate of drug-likeness (QED) is 0.434. The Labute approximate surface area is 198 Å². The molecule has 2 aromatic heterocycles. The summed E-state index contributed by atoms with van der Waals surface area (Å²) in [5.74, 6) is 0.533. The monoisotopic (exact) mass is 516 g/mol. The van der Waals surface area contributed by atoms with E-state index in [-0.39, 0.29) is 24.4 Å². The summed E-state index contributed by atoms with van der Waals surface area (Å²) in [5, 5.41) is 6.96. The number of para-hydroxylation sites is 2. The molecule has 1 fully saturated rings. The minimum Gasteiger partial charge on any atom is -0.495 e. The largest absolute Gasteiger partial charge is 0.495 e. The fourth-order valence-electron chi connectivity index (χ4n) is 3.63. The molecule has 1 amide bonds. The van der Waals surface area contributed by atoms with Gasteiger partial charge in [-0.25, -0.2) is 0 Å². The van der Waals surface area contributed by atoms with Crippen LogP contribution in [0.25, 0.3) is 0 Å². The Balaban J connectivity index is 1.52. The van der Waals surface area contributed by atoms with Crippen LogP contribution in [0.1, 0.15) is 29.1 Å². The highest BCUT2D eigenvalue weighted by atomic mass is 79.9. The van der Waals surface area contributed by atoms with Crippen molar-refractivity contribution in [2.75, 3.05) is 19.0 Å². The lowest BCUT2D eigenvalue weighted by molar-refractivity contribution is -0.116. The summed E-state index contributed by atoms with van der Waals surface area (Å²) in [4.78, 5) is 20.4. The highest BCUT2D eigenvalue weighted by Gasteiger charge is 2.40. The van der Waals surface area contributed by atoms with Crippen LogP contribution in [0.3, 0.4) is 0 Å².